The zero-order chi connectivity index (χ0) is 12.7. The van der Waals surface area contributed by atoms with Crippen LogP contribution in [0.3, 0.4) is 0 Å². The molecule has 0 spiro atoms. The molecule has 2 atom stereocenters. The molecule has 0 bridgehead atoms. The molecule has 1 fully saturated rings. The third-order valence-electron chi connectivity index (χ3n) is 3.34. The summed E-state index contributed by atoms with van der Waals surface area (Å²) in [5, 5.41) is 2.77. The fourth-order valence-corrected chi connectivity index (χ4v) is 3.81. The number of hydrogen-bond acceptors (Lipinski definition) is 3. The Labute approximate surface area is 107 Å². The summed E-state index contributed by atoms with van der Waals surface area (Å²) >= 11 is 0. The van der Waals surface area contributed by atoms with E-state index in [2.05, 4.69) is 5.32 Å². The van der Waals surface area contributed by atoms with Crippen molar-refractivity contribution in [3.05, 3.63) is 24.0 Å². The van der Waals surface area contributed by atoms with Crippen molar-refractivity contribution in [2.75, 3.05) is 28.3 Å². The highest BCUT2D eigenvalue weighted by Crippen LogP contribution is 2.33. The number of nitrogens with zero attached hydrogens (tertiary/aromatic N) is 1. The lowest BCUT2D eigenvalue weighted by atomic mass is 10.1. The first-order valence-electron chi connectivity index (χ1n) is 5.84. The van der Waals surface area contributed by atoms with E-state index in [1.165, 1.54) is 12.1 Å². The van der Waals surface area contributed by atoms with Gasteiger partial charge in [0.15, 0.2) is 0 Å². The Kier molecular flexibility index (Phi) is 2.81. The van der Waals surface area contributed by atoms with Gasteiger partial charge in [-0.15, -0.1) is 0 Å². The number of halogens is 1. The number of benzene rings is 1. The summed E-state index contributed by atoms with van der Waals surface area (Å²) < 4.78 is 25.0. The van der Waals surface area contributed by atoms with Crippen molar-refractivity contribution < 1.29 is 13.4 Å². The second kappa shape index (κ2) is 4.35. The van der Waals surface area contributed by atoms with E-state index in [9.17, 15) is 13.4 Å². The molecule has 6 heteroatoms. The second-order valence-electron chi connectivity index (χ2n) is 4.57. The number of anilines is 2. The Hall–Kier alpha value is -1.43. The van der Waals surface area contributed by atoms with Gasteiger partial charge in [0, 0.05) is 41.3 Å². The minimum Gasteiger partial charge on any atom is -0.364 e. The van der Waals surface area contributed by atoms with Gasteiger partial charge < -0.3 is 10.2 Å². The van der Waals surface area contributed by atoms with Crippen LogP contribution in [0.15, 0.2) is 18.2 Å². The van der Waals surface area contributed by atoms with Crippen LogP contribution in [0.5, 0.6) is 0 Å². The van der Waals surface area contributed by atoms with Crippen molar-refractivity contribution in [2.24, 2.45) is 0 Å². The Bertz CT molecular complexity index is 535. The molecule has 96 valence electrons. The van der Waals surface area contributed by atoms with Crippen molar-refractivity contribution in [3.63, 3.8) is 0 Å². The van der Waals surface area contributed by atoms with Crippen molar-refractivity contribution in [2.45, 2.75) is 12.5 Å². The van der Waals surface area contributed by atoms with Gasteiger partial charge in [-0.3, -0.25) is 9.00 Å². The van der Waals surface area contributed by atoms with Crippen LogP contribution in [-0.4, -0.2) is 34.2 Å². The molecule has 1 amide bonds. The predicted octanol–water partition coefficient (Wildman–Crippen LogP) is 1.11. The average molecular weight is 268 g/mol. The lowest BCUT2D eigenvalue weighted by Crippen LogP contribution is -2.47. The third kappa shape index (κ3) is 2.01. The number of rotatable bonds is 0. The molecule has 1 saturated heterocycles. The smallest absolute Gasteiger partial charge is 0.226 e. The highest BCUT2D eigenvalue weighted by Gasteiger charge is 2.32. The van der Waals surface area contributed by atoms with Gasteiger partial charge in [-0.05, 0) is 18.2 Å². The first-order chi connectivity index (χ1) is 8.63. The van der Waals surface area contributed by atoms with Gasteiger partial charge >= 0.3 is 0 Å². The summed E-state index contributed by atoms with van der Waals surface area (Å²) in [5.41, 5.74) is 1.33. The van der Waals surface area contributed by atoms with Crippen LogP contribution in [-0.2, 0) is 15.6 Å². The van der Waals surface area contributed by atoms with Gasteiger partial charge in [-0.1, -0.05) is 0 Å². The highest BCUT2D eigenvalue weighted by atomic mass is 32.2. The second-order valence-corrected chi connectivity index (χ2v) is 6.19. The zero-order valence-electron chi connectivity index (χ0n) is 9.69. The summed E-state index contributed by atoms with van der Waals surface area (Å²) in [6.45, 7) is 0.600. The largest absolute Gasteiger partial charge is 0.364 e. The van der Waals surface area contributed by atoms with E-state index in [0.29, 0.717) is 35.8 Å². The third-order valence-corrected chi connectivity index (χ3v) is 4.74. The van der Waals surface area contributed by atoms with E-state index in [-0.39, 0.29) is 17.8 Å². The molecule has 1 aromatic rings. The van der Waals surface area contributed by atoms with E-state index < -0.39 is 10.8 Å². The van der Waals surface area contributed by atoms with Gasteiger partial charge in [0.05, 0.1) is 11.4 Å². The Morgan fingerprint density at radius 1 is 1.44 bits per heavy atom. The number of amides is 1. The quantitative estimate of drug-likeness (QED) is 0.766. The molecule has 0 aromatic heterocycles. The molecule has 2 aliphatic rings. The molecule has 0 aliphatic carbocycles. The molecule has 2 heterocycles. The van der Waals surface area contributed by atoms with Crippen molar-refractivity contribution in [1.82, 2.24) is 0 Å². The van der Waals surface area contributed by atoms with E-state index in [1.807, 2.05) is 4.90 Å². The van der Waals surface area contributed by atoms with Crippen molar-refractivity contribution in [1.29, 1.82) is 0 Å². The maximum Gasteiger partial charge on any atom is 0.226 e. The van der Waals surface area contributed by atoms with Crippen LogP contribution < -0.4 is 10.2 Å². The van der Waals surface area contributed by atoms with Crippen molar-refractivity contribution >= 4 is 28.1 Å². The fraction of sp³-hybridized carbons (Fsp3) is 0.417. The first-order valence-corrected chi connectivity index (χ1v) is 7.33. The molecule has 3 rings (SSSR count). The number of hydrogen-bond donors (Lipinski definition) is 1. The van der Waals surface area contributed by atoms with Crippen molar-refractivity contribution in [3.8, 4) is 0 Å². The normalized spacial score (nSPS) is 26.9. The lowest BCUT2D eigenvalue weighted by molar-refractivity contribution is -0.116. The Morgan fingerprint density at radius 2 is 2.28 bits per heavy atom. The number of fused-ring (bicyclic) bond motifs is 3. The maximum atomic E-state index is 13.4. The average Bonchev–Trinajstić information content (AvgIpc) is 2.44. The number of carbonyl (C=O) groups excluding carboxylic acids is 1. The molecule has 1 aromatic carbocycles. The maximum absolute atomic E-state index is 13.4. The molecule has 18 heavy (non-hydrogen) atoms. The van der Waals surface area contributed by atoms with Gasteiger partial charge in [0.2, 0.25) is 5.91 Å². The summed E-state index contributed by atoms with van der Waals surface area (Å²) in [6, 6.07) is 4.25. The summed E-state index contributed by atoms with van der Waals surface area (Å²) in [4.78, 5) is 13.8. The standard InChI is InChI=1S/C12H13FN2O2S/c13-8-1-2-10-11(5-8)15-3-4-18(17)7-9(15)6-12(16)14-10/h1-2,5,9H,3-4,6-7H2,(H,14,16). The fourth-order valence-electron chi connectivity index (χ4n) is 2.52. The van der Waals surface area contributed by atoms with Gasteiger partial charge in [0.1, 0.15) is 5.82 Å². The topological polar surface area (TPSA) is 49.4 Å². The molecular formula is C12H13FN2O2S. The summed E-state index contributed by atoms with van der Waals surface area (Å²) in [6.07, 6.45) is 0.308. The summed E-state index contributed by atoms with van der Waals surface area (Å²) in [5.74, 6) is 0.619. The van der Waals surface area contributed by atoms with Crippen LogP contribution in [0.4, 0.5) is 15.8 Å². The Balaban J connectivity index is 2.06. The van der Waals surface area contributed by atoms with E-state index in [4.69, 9.17) is 0 Å². The van der Waals surface area contributed by atoms with E-state index in [0.717, 1.165) is 0 Å². The van der Waals surface area contributed by atoms with Crippen LogP contribution >= 0.6 is 0 Å². The van der Waals surface area contributed by atoms with E-state index >= 15 is 0 Å². The monoisotopic (exact) mass is 268 g/mol. The summed E-state index contributed by atoms with van der Waals surface area (Å²) in [7, 11) is -0.879. The lowest BCUT2D eigenvalue weighted by Gasteiger charge is -2.35. The molecule has 2 unspecified atom stereocenters. The van der Waals surface area contributed by atoms with Gasteiger partial charge in [0.25, 0.3) is 0 Å². The van der Waals surface area contributed by atoms with Crippen LogP contribution in [0, 0.1) is 5.82 Å². The predicted molar refractivity (Wildman–Crippen MR) is 68.7 cm³/mol. The first kappa shape index (κ1) is 11.6. The highest BCUT2D eigenvalue weighted by molar-refractivity contribution is 7.85. The minimum absolute atomic E-state index is 0.0948. The van der Waals surface area contributed by atoms with E-state index in [1.54, 1.807) is 6.07 Å². The van der Waals surface area contributed by atoms with Crippen LogP contribution in [0.25, 0.3) is 0 Å². The van der Waals surface area contributed by atoms with Crippen LogP contribution in [0.1, 0.15) is 6.42 Å². The zero-order valence-corrected chi connectivity index (χ0v) is 10.5. The van der Waals surface area contributed by atoms with Crippen LogP contribution in [0.2, 0.25) is 0 Å². The Morgan fingerprint density at radius 3 is 3.11 bits per heavy atom. The van der Waals surface area contributed by atoms with Gasteiger partial charge in [-0.2, -0.15) is 0 Å². The molecule has 0 radical (unpaired) electrons. The van der Waals surface area contributed by atoms with Gasteiger partial charge in [-0.25, -0.2) is 4.39 Å². The molecule has 1 N–H and O–H groups in total. The molecule has 2 aliphatic heterocycles. The SMILES string of the molecule is O=C1CC2CS(=O)CCN2c2cc(F)ccc2N1. The molecular weight excluding hydrogens is 255 g/mol. The number of carbonyl (C=O) groups is 1. The minimum atomic E-state index is -0.879. The molecule has 4 nitrogen and oxygen atoms in total. The molecule has 0 saturated carbocycles. The number of nitrogens with one attached hydrogen (secondary N) is 1.